The normalized spacial score (nSPS) is 10.5. The van der Waals surface area contributed by atoms with Crippen LogP contribution in [0.1, 0.15) is 10.4 Å². The summed E-state index contributed by atoms with van der Waals surface area (Å²) in [4.78, 5) is 9.70. The Morgan fingerprint density at radius 2 is 1.94 bits per heavy atom. The van der Waals surface area contributed by atoms with E-state index in [9.17, 15) is 23.4 Å². The fraction of sp³-hybridized carbons (Fsp3) is 0.125. The number of ether oxygens (including phenoxy) is 1. The topological polar surface area (TPSA) is 124 Å². The van der Waals surface area contributed by atoms with Gasteiger partial charge < -0.3 is 19.7 Å². The van der Waals surface area contributed by atoms with Crippen molar-refractivity contribution in [3.63, 3.8) is 0 Å². The Kier molecular flexibility index (Phi) is 6.08. The number of hydrogen-bond donors (Lipinski definition) is 2. The molecule has 0 saturated heterocycles. The second-order valence-electron chi connectivity index (χ2n) is 2.75. The van der Waals surface area contributed by atoms with Gasteiger partial charge in [0, 0.05) is 0 Å². The van der Waals surface area contributed by atoms with Crippen molar-refractivity contribution in [2.75, 3.05) is 7.11 Å². The minimum Gasteiger partial charge on any atom is -0.545 e. The number of carbonyl (C=O) groups is 1. The molecule has 1 rings (SSSR count). The maximum Gasteiger partial charge on any atom is 1.00 e. The number of rotatable bonds is 3. The van der Waals surface area contributed by atoms with Crippen molar-refractivity contribution < 1.29 is 84.1 Å². The number of carboxylic acids is 1. The van der Waals surface area contributed by atoms with Crippen LogP contribution in [-0.4, -0.2) is 31.2 Å². The van der Waals surface area contributed by atoms with Gasteiger partial charge in [0.25, 0.3) is 10.1 Å². The Morgan fingerprint density at radius 1 is 1.41 bits per heavy atom. The number of methoxy groups -OCH3 is 1. The Hall–Kier alpha value is -0.164. The van der Waals surface area contributed by atoms with Crippen LogP contribution >= 0.6 is 0 Å². The van der Waals surface area contributed by atoms with Crippen LogP contribution < -0.4 is 61.2 Å². The zero-order valence-corrected chi connectivity index (χ0v) is 12.9. The molecule has 2 N–H and O–H groups in total. The van der Waals surface area contributed by atoms with Crippen LogP contribution in [0.3, 0.4) is 0 Å². The molecule has 0 saturated carbocycles. The van der Waals surface area contributed by atoms with Gasteiger partial charge in [0.2, 0.25) is 0 Å². The third-order valence-corrected chi connectivity index (χ3v) is 2.70. The molecular formula is C8H7KO7S. The average molecular weight is 286 g/mol. The van der Waals surface area contributed by atoms with Crippen LogP contribution in [0.25, 0.3) is 0 Å². The maximum atomic E-state index is 10.8. The summed E-state index contributed by atoms with van der Waals surface area (Å²) >= 11 is 0. The molecule has 0 aliphatic heterocycles. The monoisotopic (exact) mass is 286 g/mol. The van der Waals surface area contributed by atoms with E-state index in [-0.39, 0.29) is 57.1 Å². The second-order valence-corrected chi connectivity index (χ2v) is 4.14. The van der Waals surface area contributed by atoms with Gasteiger partial charge in [0.15, 0.2) is 11.5 Å². The first-order valence-electron chi connectivity index (χ1n) is 3.87. The van der Waals surface area contributed by atoms with Gasteiger partial charge in [-0.05, 0) is 12.1 Å². The molecule has 0 fully saturated rings. The van der Waals surface area contributed by atoms with Crippen LogP contribution in [-0.2, 0) is 10.1 Å². The van der Waals surface area contributed by atoms with E-state index >= 15 is 0 Å². The largest absolute Gasteiger partial charge is 1.00 e. The van der Waals surface area contributed by atoms with Crippen LogP contribution in [0.5, 0.6) is 11.5 Å². The van der Waals surface area contributed by atoms with E-state index in [1.807, 2.05) is 0 Å². The summed E-state index contributed by atoms with van der Waals surface area (Å²) in [7, 11) is -3.61. The molecule has 0 aromatic heterocycles. The summed E-state index contributed by atoms with van der Waals surface area (Å²) < 4.78 is 35.0. The summed E-state index contributed by atoms with van der Waals surface area (Å²) in [5.74, 6) is -3.10. The Morgan fingerprint density at radius 3 is 2.29 bits per heavy atom. The van der Waals surface area contributed by atoms with E-state index in [4.69, 9.17) is 4.55 Å². The molecule has 17 heavy (non-hydrogen) atoms. The summed E-state index contributed by atoms with van der Waals surface area (Å²) in [5.41, 5.74) is -1.04. The minimum absolute atomic E-state index is 0. The van der Waals surface area contributed by atoms with Gasteiger partial charge in [0.1, 0.15) is 4.90 Å². The third kappa shape index (κ3) is 3.65. The van der Waals surface area contributed by atoms with E-state index in [1.54, 1.807) is 0 Å². The van der Waals surface area contributed by atoms with Crippen LogP contribution in [0.2, 0.25) is 0 Å². The Balaban J connectivity index is 0.00000256. The first-order valence-corrected chi connectivity index (χ1v) is 5.32. The molecule has 0 bridgehead atoms. The molecule has 1 aromatic rings. The van der Waals surface area contributed by atoms with Crippen molar-refractivity contribution in [2.24, 2.45) is 0 Å². The summed E-state index contributed by atoms with van der Waals surface area (Å²) in [6.45, 7) is 0. The van der Waals surface area contributed by atoms with Crippen molar-refractivity contribution in [1.82, 2.24) is 0 Å². The molecule has 9 heteroatoms. The third-order valence-electron chi connectivity index (χ3n) is 1.80. The van der Waals surface area contributed by atoms with Crippen LogP contribution in [0.4, 0.5) is 0 Å². The fourth-order valence-electron chi connectivity index (χ4n) is 1.13. The van der Waals surface area contributed by atoms with Gasteiger partial charge >= 0.3 is 51.4 Å². The minimum atomic E-state index is -4.76. The zero-order valence-electron chi connectivity index (χ0n) is 9.00. The molecule has 0 aliphatic carbocycles. The van der Waals surface area contributed by atoms with Crippen molar-refractivity contribution in [2.45, 2.75) is 4.90 Å². The van der Waals surface area contributed by atoms with E-state index in [0.29, 0.717) is 0 Å². The SMILES string of the molecule is COc1ccc(S(=O)(=O)O)c(C(=O)[O-])c1O.[K+]. The van der Waals surface area contributed by atoms with E-state index in [2.05, 4.69) is 4.74 Å². The summed E-state index contributed by atoms with van der Waals surface area (Å²) in [6, 6.07) is 1.80. The number of aromatic carboxylic acids is 1. The zero-order chi connectivity index (χ0) is 12.5. The first kappa shape index (κ1) is 16.8. The molecule has 7 nitrogen and oxygen atoms in total. The van der Waals surface area contributed by atoms with Crippen LogP contribution in [0, 0.1) is 0 Å². The number of hydrogen-bond acceptors (Lipinski definition) is 6. The van der Waals surface area contributed by atoms with Gasteiger partial charge in [0.05, 0.1) is 18.6 Å². The molecule has 1 aromatic carbocycles. The predicted molar refractivity (Wildman–Crippen MR) is 48.8 cm³/mol. The smallest absolute Gasteiger partial charge is 0.545 e. The van der Waals surface area contributed by atoms with Crippen molar-refractivity contribution >= 4 is 16.1 Å². The van der Waals surface area contributed by atoms with Crippen LogP contribution in [0.15, 0.2) is 17.0 Å². The molecule has 0 amide bonds. The number of carbonyl (C=O) groups excluding carboxylic acids is 1. The molecule has 0 heterocycles. The quantitative estimate of drug-likeness (QED) is 0.429. The van der Waals surface area contributed by atoms with Crippen molar-refractivity contribution in [1.29, 1.82) is 0 Å². The fourth-order valence-corrected chi connectivity index (χ4v) is 1.81. The maximum absolute atomic E-state index is 10.8. The second kappa shape index (κ2) is 6.14. The van der Waals surface area contributed by atoms with Gasteiger partial charge in [-0.3, -0.25) is 4.55 Å². The number of benzene rings is 1. The number of phenols is 1. The Bertz CT molecular complexity index is 537. The molecule has 0 spiro atoms. The molecular weight excluding hydrogens is 279 g/mol. The molecule has 0 unspecified atom stereocenters. The average Bonchev–Trinajstić information content (AvgIpc) is 2.15. The van der Waals surface area contributed by atoms with Crippen molar-refractivity contribution in [3.8, 4) is 11.5 Å². The summed E-state index contributed by atoms with van der Waals surface area (Å²) in [6.07, 6.45) is 0. The van der Waals surface area contributed by atoms with Gasteiger partial charge in [-0.15, -0.1) is 0 Å². The molecule has 0 atom stereocenters. The Labute approximate surface area is 140 Å². The molecule has 0 aliphatic rings. The van der Waals surface area contributed by atoms with Crippen molar-refractivity contribution in [3.05, 3.63) is 17.7 Å². The molecule has 0 radical (unpaired) electrons. The number of carboxylic acid groups (broad SMARTS) is 1. The molecule has 88 valence electrons. The van der Waals surface area contributed by atoms with Gasteiger partial charge in [-0.1, -0.05) is 0 Å². The van der Waals surface area contributed by atoms with Gasteiger partial charge in [-0.25, -0.2) is 0 Å². The number of aromatic hydroxyl groups is 1. The summed E-state index contributed by atoms with van der Waals surface area (Å²) in [5, 5.41) is 20.0. The predicted octanol–water partition coefficient (Wildman–Crippen LogP) is -3.98. The van der Waals surface area contributed by atoms with E-state index in [0.717, 1.165) is 19.2 Å². The van der Waals surface area contributed by atoms with Gasteiger partial charge in [-0.2, -0.15) is 8.42 Å². The first-order chi connectivity index (χ1) is 7.29. The van der Waals surface area contributed by atoms with E-state index < -0.39 is 32.3 Å². The van der Waals surface area contributed by atoms with E-state index in [1.165, 1.54) is 0 Å². The standard InChI is InChI=1S/C8H8O7S.K/c1-15-4-2-3-5(16(12,13)14)6(7(4)9)8(10)11;/h2-3,9H,1H3,(H,10,11)(H,12,13,14);/q;+1/p-1.